The highest BCUT2D eigenvalue weighted by molar-refractivity contribution is 5.89. The van der Waals surface area contributed by atoms with Gasteiger partial charge < -0.3 is 9.88 Å². The first kappa shape index (κ1) is 18.6. The number of rotatable bonds is 5. The van der Waals surface area contributed by atoms with Gasteiger partial charge in [0.05, 0.1) is 18.2 Å². The highest BCUT2D eigenvalue weighted by Gasteiger charge is 2.31. The maximum absolute atomic E-state index is 13.2. The van der Waals surface area contributed by atoms with E-state index in [9.17, 15) is 4.79 Å². The van der Waals surface area contributed by atoms with E-state index >= 15 is 0 Å². The minimum atomic E-state index is 0.0243. The van der Waals surface area contributed by atoms with Gasteiger partial charge in [0.15, 0.2) is 0 Å². The van der Waals surface area contributed by atoms with Crippen molar-refractivity contribution in [2.75, 3.05) is 6.54 Å². The summed E-state index contributed by atoms with van der Waals surface area (Å²) in [5.74, 6) is 2.00. The Morgan fingerprint density at radius 1 is 1.20 bits per heavy atom. The fraction of sp³-hybridized carbons (Fsp3) is 0.292. The molecule has 1 amide bonds. The molecule has 0 saturated carbocycles. The molecule has 1 atom stereocenters. The molecule has 1 aliphatic rings. The van der Waals surface area contributed by atoms with Crippen molar-refractivity contribution >= 4 is 16.8 Å². The van der Waals surface area contributed by atoms with E-state index in [4.69, 9.17) is 4.98 Å². The normalized spacial score (nSPS) is 16.4. The number of amides is 1. The van der Waals surface area contributed by atoms with Crippen molar-refractivity contribution in [3.05, 3.63) is 78.1 Å². The first-order chi connectivity index (χ1) is 14.7. The predicted octanol–water partition coefficient (Wildman–Crippen LogP) is 4.22. The molecule has 30 heavy (non-hydrogen) atoms. The zero-order valence-corrected chi connectivity index (χ0v) is 17.1. The van der Waals surface area contributed by atoms with Crippen molar-refractivity contribution in [2.24, 2.45) is 0 Å². The Balaban J connectivity index is 1.40. The van der Waals surface area contributed by atoms with E-state index in [1.807, 2.05) is 58.3 Å². The highest BCUT2D eigenvalue weighted by Crippen LogP contribution is 2.32. The molecule has 1 unspecified atom stereocenters. The second-order valence-corrected chi connectivity index (χ2v) is 7.77. The number of hydrogen-bond acceptors (Lipinski definition) is 3. The molecule has 1 fully saturated rings. The van der Waals surface area contributed by atoms with Crippen LogP contribution in [0.2, 0.25) is 0 Å². The molecule has 4 heterocycles. The van der Waals surface area contributed by atoms with Crippen LogP contribution in [-0.2, 0) is 17.6 Å². The number of aromatic nitrogens is 4. The number of likely N-dealkylation sites (tertiary alicyclic amines) is 1. The summed E-state index contributed by atoms with van der Waals surface area (Å²) < 4.78 is 2.02. The lowest BCUT2D eigenvalue weighted by molar-refractivity contribution is -0.131. The Morgan fingerprint density at radius 2 is 2.10 bits per heavy atom. The Hall–Kier alpha value is -3.41. The second-order valence-electron chi connectivity index (χ2n) is 7.77. The fourth-order valence-electron chi connectivity index (χ4n) is 4.48. The molecular weight excluding hydrogens is 374 g/mol. The van der Waals surface area contributed by atoms with Gasteiger partial charge in [0.25, 0.3) is 0 Å². The van der Waals surface area contributed by atoms with Crippen LogP contribution in [0.25, 0.3) is 16.7 Å². The molecule has 4 aromatic rings. The van der Waals surface area contributed by atoms with E-state index in [0.29, 0.717) is 6.42 Å². The fourth-order valence-corrected chi connectivity index (χ4v) is 4.48. The van der Waals surface area contributed by atoms with E-state index in [2.05, 4.69) is 23.0 Å². The summed E-state index contributed by atoms with van der Waals surface area (Å²) in [6, 6.07) is 14.2. The van der Waals surface area contributed by atoms with Crippen molar-refractivity contribution < 1.29 is 4.79 Å². The molecule has 152 valence electrons. The molecule has 0 aliphatic carbocycles. The van der Waals surface area contributed by atoms with Crippen LogP contribution in [0, 0.1) is 0 Å². The molecule has 5 rings (SSSR count). The van der Waals surface area contributed by atoms with Gasteiger partial charge in [0.2, 0.25) is 5.91 Å². The second kappa shape index (κ2) is 7.78. The maximum atomic E-state index is 13.2. The number of para-hydroxylation sites is 1. The van der Waals surface area contributed by atoms with Gasteiger partial charge in [-0.3, -0.25) is 9.36 Å². The first-order valence-electron chi connectivity index (χ1n) is 10.6. The molecule has 6 heteroatoms. The average molecular weight is 399 g/mol. The maximum Gasteiger partial charge on any atom is 0.227 e. The van der Waals surface area contributed by atoms with E-state index in [1.54, 1.807) is 6.20 Å². The third kappa shape index (κ3) is 3.28. The van der Waals surface area contributed by atoms with Crippen LogP contribution in [0.5, 0.6) is 0 Å². The molecule has 1 saturated heterocycles. The summed E-state index contributed by atoms with van der Waals surface area (Å²) in [6.45, 7) is 2.87. The van der Waals surface area contributed by atoms with Gasteiger partial charge in [-0.1, -0.05) is 31.2 Å². The number of fused-ring (bicyclic) bond motifs is 1. The number of carbonyl (C=O) groups excluding carboxylic acids is 1. The molecule has 1 aliphatic heterocycles. The summed E-state index contributed by atoms with van der Waals surface area (Å²) in [7, 11) is 0. The Kier molecular flexibility index (Phi) is 4.83. The lowest BCUT2D eigenvalue weighted by Crippen LogP contribution is -2.32. The highest BCUT2D eigenvalue weighted by atomic mass is 16.2. The predicted molar refractivity (Wildman–Crippen MR) is 116 cm³/mol. The van der Waals surface area contributed by atoms with Gasteiger partial charge in [-0.05, 0) is 36.6 Å². The van der Waals surface area contributed by atoms with Crippen LogP contribution in [0.1, 0.15) is 42.9 Å². The van der Waals surface area contributed by atoms with E-state index in [1.165, 1.54) is 0 Å². The van der Waals surface area contributed by atoms with Crippen LogP contribution in [0.4, 0.5) is 0 Å². The van der Waals surface area contributed by atoms with Crippen molar-refractivity contribution in [3.63, 3.8) is 0 Å². The van der Waals surface area contributed by atoms with Gasteiger partial charge in [-0.15, -0.1) is 0 Å². The zero-order valence-electron chi connectivity index (χ0n) is 17.1. The number of nitrogens with zero attached hydrogens (tertiary/aromatic N) is 4. The molecule has 0 bridgehead atoms. The summed E-state index contributed by atoms with van der Waals surface area (Å²) in [5, 5.41) is 1.12. The number of aromatic amines is 1. The van der Waals surface area contributed by atoms with Crippen LogP contribution < -0.4 is 0 Å². The van der Waals surface area contributed by atoms with Crippen LogP contribution >= 0.6 is 0 Å². The van der Waals surface area contributed by atoms with Crippen molar-refractivity contribution in [3.8, 4) is 5.82 Å². The molecule has 1 N–H and O–H groups in total. The van der Waals surface area contributed by atoms with E-state index < -0.39 is 0 Å². The molecule has 0 spiro atoms. The monoisotopic (exact) mass is 399 g/mol. The Morgan fingerprint density at radius 3 is 3.00 bits per heavy atom. The third-order valence-corrected chi connectivity index (χ3v) is 5.97. The topological polar surface area (TPSA) is 66.8 Å². The lowest BCUT2D eigenvalue weighted by Gasteiger charge is -2.25. The van der Waals surface area contributed by atoms with Crippen molar-refractivity contribution in [1.29, 1.82) is 0 Å². The number of imidazole rings is 1. The molecule has 6 nitrogen and oxygen atoms in total. The summed E-state index contributed by atoms with van der Waals surface area (Å²) in [4.78, 5) is 27.8. The van der Waals surface area contributed by atoms with Crippen molar-refractivity contribution in [1.82, 2.24) is 24.4 Å². The summed E-state index contributed by atoms with van der Waals surface area (Å²) >= 11 is 0. The summed E-state index contributed by atoms with van der Waals surface area (Å²) in [5.41, 5.74) is 3.07. The van der Waals surface area contributed by atoms with Crippen LogP contribution in [-0.4, -0.2) is 36.9 Å². The summed E-state index contributed by atoms with van der Waals surface area (Å²) in [6.07, 6.45) is 8.90. The van der Waals surface area contributed by atoms with Gasteiger partial charge in [-0.2, -0.15) is 0 Å². The quantitative estimate of drug-likeness (QED) is 0.546. The lowest BCUT2D eigenvalue weighted by atomic mass is 10.1. The van der Waals surface area contributed by atoms with Gasteiger partial charge in [0.1, 0.15) is 11.6 Å². The minimum Gasteiger partial charge on any atom is -0.361 e. The number of hydrogen-bond donors (Lipinski definition) is 1. The SMILES string of the molecule is CCc1nccn1-c1cccc(C2CCCN2C(=O)Cc2c[nH]c3ccccc23)n1. The molecule has 0 radical (unpaired) electrons. The average Bonchev–Trinajstić information content (AvgIpc) is 3.53. The Labute approximate surface area is 175 Å². The number of aryl methyl sites for hydroxylation is 1. The third-order valence-electron chi connectivity index (χ3n) is 5.97. The minimum absolute atomic E-state index is 0.0243. The zero-order chi connectivity index (χ0) is 20.5. The Bertz CT molecular complexity index is 1190. The van der Waals surface area contributed by atoms with E-state index in [0.717, 1.165) is 59.6 Å². The largest absolute Gasteiger partial charge is 0.361 e. The molecule has 1 aromatic carbocycles. The number of carbonyl (C=O) groups is 1. The number of pyridine rings is 1. The molecular formula is C24H25N5O. The van der Waals surface area contributed by atoms with Gasteiger partial charge in [0, 0.05) is 42.5 Å². The number of benzene rings is 1. The smallest absolute Gasteiger partial charge is 0.227 e. The number of H-pyrrole nitrogens is 1. The van der Waals surface area contributed by atoms with Gasteiger partial charge in [-0.25, -0.2) is 9.97 Å². The number of nitrogens with one attached hydrogen (secondary N) is 1. The van der Waals surface area contributed by atoms with Crippen LogP contribution in [0.3, 0.4) is 0 Å². The van der Waals surface area contributed by atoms with Crippen LogP contribution in [0.15, 0.2) is 61.1 Å². The van der Waals surface area contributed by atoms with Crippen molar-refractivity contribution in [2.45, 2.75) is 38.6 Å². The molecule has 3 aromatic heterocycles. The van der Waals surface area contributed by atoms with E-state index in [-0.39, 0.29) is 11.9 Å². The standard InChI is InChI=1S/C24H25N5O/c1-2-22-25-12-14-29(22)23-11-5-9-20(27-23)21-10-6-13-28(21)24(30)15-17-16-26-19-8-4-3-7-18(17)19/h3-5,7-9,11-12,14,16,21,26H,2,6,10,13,15H2,1H3. The first-order valence-corrected chi connectivity index (χ1v) is 10.6. The van der Waals surface area contributed by atoms with Gasteiger partial charge >= 0.3 is 0 Å².